The number of piperazine rings is 1. The molecule has 2 aliphatic heterocycles. The fourth-order valence-electron chi connectivity index (χ4n) is 4.48. The highest BCUT2D eigenvalue weighted by atomic mass is 16.5. The maximum absolute atomic E-state index is 12.8. The van der Waals surface area contributed by atoms with E-state index in [1.165, 1.54) is 5.69 Å². The molecule has 0 saturated carbocycles. The topological polar surface area (TPSA) is 90.9 Å². The van der Waals surface area contributed by atoms with Gasteiger partial charge < -0.3 is 24.8 Å². The summed E-state index contributed by atoms with van der Waals surface area (Å²) < 4.78 is 5.44. The van der Waals surface area contributed by atoms with Gasteiger partial charge in [-0.05, 0) is 42.5 Å². The van der Waals surface area contributed by atoms with Gasteiger partial charge >= 0.3 is 0 Å². The van der Waals surface area contributed by atoms with Gasteiger partial charge in [-0.15, -0.1) is 0 Å². The molecule has 9 nitrogen and oxygen atoms in total. The Balaban J connectivity index is 1.21. The quantitative estimate of drug-likeness (QED) is 0.593. The van der Waals surface area contributed by atoms with Crippen molar-refractivity contribution in [3.63, 3.8) is 0 Å². The molecule has 0 radical (unpaired) electrons. The Morgan fingerprint density at radius 3 is 2.17 bits per heavy atom. The number of ether oxygens (including phenoxy) is 1. The number of carbonyl (C=O) groups is 2. The number of hydrogen-bond donors (Lipinski definition) is 1. The number of nitrogens with zero attached hydrogens (tertiary/aromatic N) is 5. The summed E-state index contributed by atoms with van der Waals surface area (Å²) in [5, 5.41) is 3.23. The van der Waals surface area contributed by atoms with E-state index >= 15 is 0 Å². The molecule has 1 aromatic heterocycles. The lowest BCUT2D eigenvalue weighted by molar-refractivity contribution is -0.130. The van der Waals surface area contributed by atoms with Gasteiger partial charge in [-0.2, -0.15) is 0 Å². The Bertz CT molecular complexity index is 1200. The molecule has 186 valence electrons. The standard InChI is InChI=1S/C27H30N6O3/c1-20(34)31-12-14-33(15-13-31)26(35)22-2-6-23(7-3-22)29-27-28-11-10-25(30-27)21-4-8-24(9-5-21)32-16-18-36-19-17-32/h2-11H,12-19H2,1H3,(H,28,29,30). The molecule has 3 heterocycles. The third-order valence-corrected chi connectivity index (χ3v) is 6.60. The minimum Gasteiger partial charge on any atom is -0.378 e. The van der Waals surface area contributed by atoms with Crippen molar-refractivity contribution in [3.05, 3.63) is 66.4 Å². The second-order valence-electron chi connectivity index (χ2n) is 8.91. The zero-order valence-corrected chi connectivity index (χ0v) is 20.4. The number of aromatic nitrogens is 2. The number of rotatable bonds is 5. The van der Waals surface area contributed by atoms with E-state index in [2.05, 4.69) is 44.5 Å². The third-order valence-electron chi connectivity index (χ3n) is 6.60. The smallest absolute Gasteiger partial charge is 0.253 e. The third kappa shape index (κ3) is 5.46. The summed E-state index contributed by atoms with van der Waals surface area (Å²) in [4.78, 5) is 39.2. The number of benzene rings is 2. The van der Waals surface area contributed by atoms with Crippen molar-refractivity contribution in [3.8, 4) is 11.3 Å². The van der Waals surface area contributed by atoms with Gasteiger partial charge in [-0.1, -0.05) is 12.1 Å². The summed E-state index contributed by atoms with van der Waals surface area (Å²) in [6.45, 7) is 7.13. The van der Waals surface area contributed by atoms with Crippen LogP contribution >= 0.6 is 0 Å². The van der Waals surface area contributed by atoms with Crippen LogP contribution in [0.15, 0.2) is 60.8 Å². The summed E-state index contributed by atoms with van der Waals surface area (Å²) in [6, 6.07) is 17.6. The second-order valence-corrected chi connectivity index (χ2v) is 8.91. The van der Waals surface area contributed by atoms with Gasteiger partial charge in [0.2, 0.25) is 11.9 Å². The van der Waals surface area contributed by atoms with Crippen LogP contribution in [0.1, 0.15) is 17.3 Å². The molecule has 0 unspecified atom stereocenters. The van der Waals surface area contributed by atoms with Crippen molar-refractivity contribution in [1.29, 1.82) is 0 Å². The lowest BCUT2D eigenvalue weighted by Gasteiger charge is -2.34. The minimum absolute atomic E-state index is 0.0245. The van der Waals surface area contributed by atoms with Gasteiger partial charge in [0.1, 0.15) is 0 Å². The fourth-order valence-corrected chi connectivity index (χ4v) is 4.48. The lowest BCUT2D eigenvalue weighted by Crippen LogP contribution is -2.50. The molecular formula is C27H30N6O3. The number of amides is 2. The van der Waals surface area contributed by atoms with Crippen LogP contribution in [0.4, 0.5) is 17.3 Å². The molecule has 9 heteroatoms. The average Bonchev–Trinajstić information content (AvgIpc) is 2.94. The number of carbonyl (C=O) groups excluding carboxylic acids is 2. The summed E-state index contributed by atoms with van der Waals surface area (Å²) in [5.41, 5.74) is 4.45. The summed E-state index contributed by atoms with van der Waals surface area (Å²) in [6.07, 6.45) is 1.74. The van der Waals surface area contributed by atoms with E-state index in [-0.39, 0.29) is 11.8 Å². The van der Waals surface area contributed by atoms with E-state index in [0.717, 1.165) is 43.2 Å². The van der Waals surface area contributed by atoms with Crippen LogP contribution in [0.2, 0.25) is 0 Å². The summed E-state index contributed by atoms with van der Waals surface area (Å²) in [7, 11) is 0. The molecule has 1 N–H and O–H groups in total. The van der Waals surface area contributed by atoms with E-state index in [1.54, 1.807) is 35.1 Å². The van der Waals surface area contributed by atoms with Gasteiger partial charge in [0.25, 0.3) is 5.91 Å². The maximum atomic E-state index is 12.8. The highest BCUT2D eigenvalue weighted by Gasteiger charge is 2.23. The molecule has 2 amide bonds. The van der Waals surface area contributed by atoms with Gasteiger partial charge in [0.15, 0.2) is 0 Å². The summed E-state index contributed by atoms with van der Waals surface area (Å²) >= 11 is 0. The molecule has 0 bridgehead atoms. The number of anilines is 3. The van der Waals surface area contributed by atoms with E-state index in [0.29, 0.717) is 37.7 Å². The minimum atomic E-state index is -0.0245. The van der Waals surface area contributed by atoms with Crippen LogP contribution in [0.3, 0.4) is 0 Å². The van der Waals surface area contributed by atoms with Gasteiger partial charge in [-0.3, -0.25) is 9.59 Å². The van der Waals surface area contributed by atoms with E-state index < -0.39 is 0 Å². The van der Waals surface area contributed by atoms with E-state index in [1.807, 2.05) is 18.2 Å². The van der Waals surface area contributed by atoms with Gasteiger partial charge in [0.05, 0.1) is 18.9 Å². The summed E-state index contributed by atoms with van der Waals surface area (Å²) in [5.74, 6) is 0.515. The highest BCUT2D eigenvalue weighted by Crippen LogP contribution is 2.24. The Kier molecular flexibility index (Phi) is 7.08. The Morgan fingerprint density at radius 2 is 1.50 bits per heavy atom. The van der Waals surface area contributed by atoms with Crippen molar-refractivity contribution in [2.24, 2.45) is 0 Å². The van der Waals surface area contributed by atoms with Gasteiger partial charge in [-0.25, -0.2) is 9.97 Å². The zero-order valence-electron chi connectivity index (χ0n) is 20.4. The lowest BCUT2D eigenvalue weighted by atomic mass is 10.1. The first kappa shape index (κ1) is 23.7. The van der Waals surface area contributed by atoms with Gasteiger partial charge in [0, 0.05) is 74.9 Å². The Morgan fingerprint density at radius 1 is 0.833 bits per heavy atom. The first-order valence-corrected chi connectivity index (χ1v) is 12.2. The van der Waals surface area contributed by atoms with Crippen LogP contribution in [0.5, 0.6) is 0 Å². The van der Waals surface area contributed by atoms with E-state index in [9.17, 15) is 9.59 Å². The van der Waals surface area contributed by atoms with Crippen molar-refractivity contribution in [2.45, 2.75) is 6.92 Å². The molecule has 0 aliphatic carbocycles. The number of hydrogen-bond acceptors (Lipinski definition) is 7. The second kappa shape index (κ2) is 10.7. The van der Waals surface area contributed by atoms with Crippen LogP contribution in [0, 0.1) is 0 Å². The normalized spacial score (nSPS) is 16.1. The molecule has 5 rings (SSSR count). The first-order valence-electron chi connectivity index (χ1n) is 12.2. The predicted octanol–water partition coefficient (Wildman–Crippen LogP) is 3.03. The van der Waals surface area contributed by atoms with Crippen LogP contribution < -0.4 is 10.2 Å². The number of morpholine rings is 1. The zero-order chi connectivity index (χ0) is 24.9. The molecule has 0 atom stereocenters. The number of nitrogens with one attached hydrogen (secondary N) is 1. The largest absolute Gasteiger partial charge is 0.378 e. The average molecular weight is 487 g/mol. The highest BCUT2D eigenvalue weighted by molar-refractivity contribution is 5.94. The van der Waals surface area contributed by atoms with E-state index in [4.69, 9.17) is 4.74 Å². The molecule has 2 saturated heterocycles. The molecule has 2 fully saturated rings. The van der Waals surface area contributed by atoms with Crippen molar-refractivity contribution in [2.75, 3.05) is 62.7 Å². The van der Waals surface area contributed by atoms with Crippen LogP contribution in [-0.4, -0.2) is 84.1 Å². The van der Waals surface area contributed by atoms with Crippen molar-refractivity contribution in [1.82, 2.24) is 19.8 Å². The molecule has 3 aromatic rings. The molecule has 2 aliphatic rings. The molecule has 36 heavy (non-hydrogen) atoms. The predicted molar refractivity (Wildman–Crippen MR) is 138 cm³/mol. The van der Waals surface area contributed by atoms with Crippen molar-refractivity contribution < 1.29 is 14.3 Å². The monoisotopic (exact) mass is 486 g/mol. The van der Waals surface area contributed by atoms with Crippen LogP contribution in [0.25, 0.3) is 11.3 Å². The van der Waals surface area contributed by atoms with Crippen molar-refractivity contribution >= 4 is 29.1 Å². The Labute approximate surface area is 210 Å². The first-order chi connectivity index (χ1) is 17.6. The van der Waals surface area contributed by atoms with Crippen LogP contribution in [-0.2, 0) is 9.53 Å². The fraction of sp³-hybridized carbons (Fsp3) is 0.333. The Hall–Kier alpha value is -3.98. The molecule has 0 spiro atoms. The SMILES string of the molecule is CC(=O)N1CCN(C(=O)c2ccc(Nc3nccc(-c4ccc(N5CCOCC5)cc4)n3)cc2)CC1. The maximum Gasteiger partial charge on any atom is 0.253 e. The molecule has 2 aromatic carbocycles. The molecular weight excluding hydrogens is 456 g/mol.